The van der Waals surface area contributed by atoms with Crippen molar-refractivity contribution in [1.29, 1.82) is 0 Å². The summed E-state index contributed by atoms with van der Waals surface area (Å²) in [5.41, 5.74) is 7.34. The van der Waals surface area contributed by atoms with Gasteiger partial charge in [-0.15, -0.1) is 0 Å². The molecule has 0 saturated carbocycles. The van der Waals surface area contributed by atoms with E-state index in [-0.39, 0.29) is 11.6 Å². The van der Waals surface area contributed by atoms with E-state index in [1.54, 1.807) is 6.33 Å². The van der Waals surface area contributed by atoms with E-state index in [1.807, 2.05) is 102 Å². The maximum atomic E-state index is 11.3. The molecule has 5 aromatic rings. The molecular weight excluding hydrogens is 542 g/mol. The largest absolute Gasteiger partial charge is 0.489 e. The summed E-state index contributed by atoms with van der Waals surface area (Å²) in [7, 11) is 0. The van der Waals surface area contributed by atoms with Gasteiger partial charge in [0.15, 0.2) is 5.69 Å². The molecule has 0 unspecified atom stereocenters. The van der Waals surface area contributed by atoms with Gasteiger partial charge in [0.05, 0.1) is 11.4 Å². The number of aryl methyl sites for hydroxylation is 2. The molecule has 1 amide bonds. The van der Waals surface area contributed by atoms with Gasteiger partial charge in [-0.2, -0.15) is 0 Å². The first kappa shape index (κ1) is 27.8. The Kier molecular flexibility index (Phi) is 8.17. The Morgan fingerprint density at radius 3 is 2.02 bits per heavy atom. The lowest BCUT2D eigenvalue weighted by molar-refractivity contribution is -0.116. The summed E-state index contributed by atoms with van der Waals surface area (Å²) in [4.78, 5) is 26.5. The first-order chi connectivity index (χ1) is 21.0. The van der Waals surface area contributed by atoms with Crippen LogP contribution in [0.25, 0.3) is 5.69 Å². The summed E-state index contributed by atoms with van der Waals surface area (Å²) in [6.07, 6.45) is 4.36. The average Bonchev–Trinajstić information content (AvgIpc) is 3.49. The van der Waals surface area contributed by atoms with Gasteiger partial charge < -0.3 is 24.5 Å². The third kappa shape index (κ3) is 6.59. The molecule has 216 valence electrons. The molecule has 0 saturated heterocycles. The van der Waals surface area contributed by atoms with Crippen LogP contribution in [0.1, 0.15) is 44.9 Å². The monoisotopic (exact) mass is 573 g/mol. The Labute approximate surface area is 249 Å². The second-order valence-corrected chi connectivity index (χ2v) is 10.4. The van der Waals surface area contributed by atoms with Crippen LogP contribution < -0.4 is 14.8 Å². The number of carbonyl (C=O) groups is 2. The third-order valence-electron chi connectivity index (χ3n) is 7.48. The summed E-state index contributed by atoms with van der Waals surface area (Å²) in [5.74, 6) is 0.777. The van der Waals surface area contributed by atoms with E-state index in [9.17, 15) is 14.7 Å². The molecule has 8 heteroatoms. The second kappa shape index (κ2) is 12.7. The summed E-state index contributed by atoms with van der Waals surface area (Å²) < 4.78 is 13.5. The number of anilines is 1. The summed E-state index contributed by atoms with van der Waals surface area (Å²) in [6, 6.07) is 31.8. The fraction of sp³-hybridized carbons (Fsp3) is 0.171. The first-order valence-electron chi connectivity index (χ1n) is 14.2. The molecule has 0 radical (unpaired) electrons. The van der Waals surface area contributed by atoms with Crippen molar-refractivity contribution in [2.45, 2.75) is 38.9 Å². The van der Waals surface area contributed by atoms with Crippen molar-refractivity contribution < 1.29 is 24.2 Å². The van der Waals surface area contributed by atoms with Crippen molar-refractivity contribution in [1.82, 2.24) is 9.55 Å². The number of benzene rings is 4. The molecule has 0 atom stereocenters. The number of ether oxygens (including phenoxy) is 2. The number of fused-ring (bicyclic) bond motifs is 4. The van der Waals surface area contributed by atoms with Gasteiger partial charge in [0, 0.05) is 12.1 Å². The zero-order valence-corrected chi connectivity index (χ0v) is 23.5. The Morgan fingerprint density at radius 2 is 1.37 bits per heavy atom. The fourth-order valence-electron chi connectivity index (χ4n) is 5.27. The van der Waals surface area contributed by atoms with Crippen molar-refractivity contribution in [3.8, 4) is 17.2 Å². The SMILES string of the molecule is O=C(O)c1ncn2c1CCc1cc(OCc3ccccc3)ccc1-2.O=C1CCc2cc(OCc3ccccc3)ccc2N1. The van der Waals surface area contributed by atoms with E-state index in [0.29, 0.717) is 26.1 Å². The summed E-state index contributed by atoms with van der Waals surface area (Å²) in [5, 5.41) is 12.1. The van der Waals surface area contributed by atoms with Crippen LogP contribution in [0, 0.1) is 0 Å². The van der Waals surface area contributed by atoms with Crippen LogP contribution in [0.15, 0.2) is 103 Å². The first-order valence-corrected chi connectivity index (χ1v) is 14.2. The lowest BCUT2D eigenvalue weighted by atomic mass is 10.0. The molecule has 3 heterocycles. The summed E-state index contributed by atoms with van der Waals surface area (Å²) >= 11 is 0. The smallest absolute Gasteiger partial charge is 0.356 e. The average molecular weight is 574 g/mol. The normalized spacial score (nSPS) is 12.9. The van der Waals surface area contributed by atoms with Gasteiger partial charge in [0.25, 0.3) is 0 Å². The van der Waals surface area contributed by atoms with Gasteiger partial charge in [-0.3, -0.25) is 4.79 Å². The molecule has 43 heavy (non-hydrogen) atoms. The van der Waals surface area contributed by atoms with Crippen LogP contribution in [0.5, 0.6) is 11.5 Å². The van der Waals surface area contributed by atoms with Gasteiger partial charge >= 0.3 is 5.97 Å². The zero-order valence-electron chi connectivity index (χ0n) is 23.5. The van der Waals surface area contributed by atoms with Crippen molar-refractivity contribution in [2.75, 3.05) is 5.32 Å². The molecule has 2 aliphatic rings. The van der Waals surface area contributed by atoms with Crippen LogP contribution in [-0.2, 0) is 37.3 Å². The molecule has 0 bridgehead atoms. The van der Waals surface area contributed by atoms with E-state index in [2.05, 4.69) is 10.3 Å². The highest BCUT2D eigenvalue weighted by atomic mass is 16.5. The zero-order chi connectivity index (χ0) is 29.6. The molecule has 0 fully saturated rings. The Bertz CT molecular complexity index is 1750. The standard InChI is InChI=1S/C19H16N2O3.C16H15NO2/c22-19(23)18-17-8-6-14-10-15(7-9-16(14)21(17)12-20-18)24-11-13-4-2-1-3-5-13;18-16-9-6-13-10-14(7-8-15(13)17-16)19-11-12-4-2-1-3-5-12/h1-5,7,9-10,12H,6,8,11H2,(H,22,23);1-5,7-8,10H,6,9,11H2,(H,17,18). The highest BCUT2D eigenvalue weighted by Crippen LogP contribution is 2.30. The molecule has 0 aliphatic carbocycles. The minimum Gasteiger partial charge on any atom is -0.489 e. The Balaban J connectivity index is 0.000000157. The van der Waals surface area contributed by atoms with Crippen molar-refractivity contribution >= 4 is 17.6 Å². The molecule has 0 spiro atoms. The maximum Gasteiger partial charge on any atom is 0.356 e. The lowest BCUT2D eigenvalue weighted by Crippen LogP contribution is -2.18. The molecular formula is C35H31N3O5. The number of nitrogens with zero attached hydrogens (tertiary/aromatic N) is 2. The Morgan fingerprint density at radius 1 is 0.767 bits per heavy atom. The van der Waals surface area contributed by atoms with E-state index in [0.717, 1.165) is 63.7 Å². The molecule has 2 N–H and O–H groups in total. The van der Waals surface area contributed by atoms with Crippen LogP contribution in [0.3, 0.4) is 0 Å². The van der Waals surface area contributed by atoms with Crippen LogP contribution in [-0.4, -0.2) is 26.5 Å². The van der Waals surface area contributed by atoms with Crippen molar-refractivity contribution in [3.63, 3.8) is 0 Å². The number of hydrogen-bond donors (Lipinski definition) is 2. The van der Waals surface area contributed by atoms with Gasteiger partial charge in [0.1, 0.15) is 31.0 Å². The predicted molar refractivity (Wildman–Crippen MR) is 163 cm³/mol. The number of aromatic nitrogens is 2. The molecule has 4 aromatic carbocycles. The van der Waals surface area contributed by atoms with Gasteiger partial charge in [-0.25, -0.2) is 9.78 Å². The maximum absolute atomic E-state index is 11.3. The predicted octanol–water partition coefficient (Wildman–Crippen LogP) is 6.40. The minimum atomic E-state index is -0.977. The number of amides is 1. The van der Waals surface area contributed by atoms with E-state index in [1.165, 1.54) is 0 Å². The number of carboxylic acids is 1. The lowest BCUT2D eigenvalue weighted by Gasteiger charge is -2.20. The quantitative estimate of drug-likeness (QED) is 0.234. The molecule has 8 nitrogen and oxygen atoms in total. The van der Waals surface area contributed by atoms with E-state index < -0.39 is 5.97 Å². The van der Waals surface area contributed by atoms with Gasteiger partial charge in [0.2, 0.25) is 5.91 Å². The number of carbonyl (C=O) groups excluding carboxylic acids is 1. The van der Waals surface area contributed by atoms with Crippen LogP contribution >= 0.6 is 0 Å². The fourth-order valence-corrected chi connectivity index (χ4v) is 5.27. The number of hydrogen-bond acceptors (Lipinski definition) is 5. The van der Waals surface area contributed by atoms with Crippen LogP contribution in [0.4, 0.5) is 5.69 Å². The number of nitrogens with one attached hydrogen (secondary N) is 1. The van der Waals surface area contributed by atoms with E-state index in [4.69, 9.17) is 9.47 Å². The number of rotatable bonds is 7. The minimum absolute atomic E-state index is 0.0884. The highest BCUT2D eigenvalue weighted by molar-refractivity contribution is 5.94. The van der Waals surface area contributed by atoms with Gasteiger partial charge in [-0.1, -0.05) is 60.7 Å². The van der Waals surface area contributed by atoms with Gasteiger partial charge in [-0.05, 0) is 77.9 Å². The number of imidazole rings is 1. The Hall–Kier alpha value is -5.37. The molecule has 7 rings (SSSR count). The summed E-state index contributed by atoms with van der Waals surface area (Å²) in [6.45, 7) is 1.09. The highest BCUT2D eigenvalue weighted by Gasteiger charge is 2.23. The van der Waals surface area contributed by atoms with Crippen LogP contribution in [0.2, 0.25) is 0 Å². The van der Waals surface area contributed by atoms with Crippen molar-refractivity contribution in [2.24, 2.45) is 0 Å². The number of carboxylic acid groups (broad SMARTS) is 1. The molecule has 1 aromatic heterocycles. The third-order valence-corrected chi connectivity index (χ3v) is 7.48. The van der Waals surface area contributed by atoms with E-state index >= 15 is 0 Å². The number of aromatic carboxylic acids is 1. The molecule has 2 aliphatic heterocycles. The second-order valence-electron chi connectivity index (χ2n) is 10.4. The topological polar surface area (TPSA) is 103 Å². The van der Waals surface area contributed by atoms with Crippen molar-refractivity contribution in [3.05, 3.63) is 137 Å².